The third-order valence-electron chi connectivity index (χ3n) is 4.05. The Kier molecular flexibility index (Phi) is 4.15. The molecule has 0 unspecified atom stereocenters. The molecule has 2 nitrogen and oxygen atoms in total. The van der Waals surface area contributed by atoms with Gasteiger partial charge in [-0.25, -0.2) is 0 Å². The SMILES string of the molecule is Cc1ccc(SC(=O)c2cccc3c(=O)c4ccccc4sc23)cc1. The van der Waals surface area contributed by atoms with Gasteiger partial charge in [-0.05, 0) is 55.1 Å². The fraction of sp³-hybridized carbons (Fsp3) is 0.0476. The average molecular weight is 362 g/mol. The molecule has 0 fully saturated rings. The summed E-state index contributed by atoms with van der Waals surface area (Å²) in [7, 11) is 0. The van der Waals surface area contributed by atoms with Crippen LogP contribution in [0.15, 0.2) is 76.4 Å². The summed E-state index contributed by atoms with van der Waals surface area (Å²) < 4.78 is 1.66. The van der Waals surface area contributed by atoms with Crippen LogP contribution in [0.3, 0.4) is 0 Å². The Hall–Kier alpha value is -2.43. The summed E-state index contributed by atoms with van der Waals surface area (Å²) in [5, 5.41) is 1.27. The van der Waals surface area contributed by atoms with E-state index in [9.17, 15) is 9.59 Å². The summed E-state index contributed by atoms with van der Waals surface area (Å²) in [4.78, 5) is 26.5. The molecule has 0 aliphatic heterocycles. The smallest absolute Gasteiger partial charge is 0.225 e. The highest BCUT2D eigenvalue weighted by atomic mass is 32.2. The first-order valence-corrected chi connectivity index (χ1v) is 9.50. The van der Waals surface area contributed by atoms with E-state index >= 15 is 0 Å². The molecule has 4 aromatic rings. The number of carbonyl (C=O) groups excluding carboxylic acids is 1. The molecule has 4 heteroatoms. The van der Waals surface area contributed by atoms with Crippen LogP contribution >= 0.6 is 23.1 Å². The number of rotatable bonds is 2. The molecule has 4 rings (SSSR count). The largest absolute Gasteiger partial charge is 0.289 e. The second kappa shape index (κ2) is 6.47. The molecule has 1 aromatic heterocycles. The molecule has 0 N–H and O–H groups in total. The number of fused-ring (bicyclic) bond motifs is 2. The van der Waals surface area contributed by atoms with Crippen LogP contribution in [-0.4, -0.2) is 5.12 Å². The summed E-state index contributed by atoms with van der Waals surface area (Å²) in [5.74, 6) is 0. The van der Waals surface area contributed by atoms with Crippen LogP contribution in [0.25, 0.3) is 20.2 Å². The molecule has 1 heterocycles. The van der Waals surface area contributed by atoms with Crippen LogP contribution < -0.4 is 5.43 Å². The van der Waals surface area contributed by atoms with E-state index in [0.29, 0.717) is 16.3 Å². The topological polar surface area (TPSA) is 34.1 Å². The molecule has 3 aromatic carbocycles. The van der Waals surface area contributed by atoms with Crippen LogP contribution in [0.4, 0.5) is 0 Å². The lowest BCUT2D eigenvalue weighted by molar-refractivity contribution is 0.109. The standard InChI is InChI=1S/C21H14O2S2/c1-13-9-11-14(12-10-13)24-21(23)17-7-4-6-16-19(22)15-5-2-3-8-18(15)25-20(16)17/h2-12H,1H3. The zero-order valence-corrected chi connectivity index (χ0v) is 15.1. The Morgan fingerprint density at radius 1 is 0.880 bits per heavy atom. The van der Waals surface area contributed by atoms with E-state index in [1.807, 2.05) is 55.5 Å². The third kappa shape index (κ3) is 2.99. The van der Waals surface area contributed by atoms with E-state index in [4.69, 9.17) is 0 Å². The maximum absolute atomic E-state index is 12.8. The number of benzene rings is 3. The lowest BCUT2D eigenvalue weighted by Gasteiger charge is -2.06. The molecule has 0 amide bonds. The monoisotopic (exact) mass is 362 g/mol. The van der Waals surface area contributed by atoms with Crippen molar-refractivity contribution in [2.45, 2.75) is 11.8 Å². The Labute approximate surface area is 153 Å². The van der Waals surface area contributed by atoms with E-state index in [1.54, 1.807) is 18.2 Å². The van der Waals surface area contributed by atoms with Gasteiger partial charge in [-0.2, -0.15) is 0 Å². The Morgan fingerprint density at radius 3 is 2.40 bits per heavy atom. The second-order valence-electron chi connectivity index (χ2n) is 5.81. The van der Waals surface area contributed by atoms with Crippen LogP contribution in [-0.2, 0) is 0 Å². The predicted molar refractivity (Wildman–Crippen MR) is 107 cm³/mol. The highest BCUT2D eigenvalue weighted by Crippen LogP contribution is 2.31. The molecule has 0 saturated carbocycles. The van der Waals surface area contributed by atoms with Gasteiger partial charge in [0.1, 0.15) is 0 Å². The number of aryl methyl sites for hydroxylation is 1. The molecule has 0 aliphatic carbocycles. The first-order valence-electron chi connectivity index (χ1n) is 7.87. The lowest BCUT2D eigenvalue weighted by Crippen LogP contribution is -2.03. The molecule has 0 aliphatic rings. The molecule has 0 spiro atoms. The third-order valence-corrected chi connectivity index (χ3v) is 6.19. The molecule has 0 saturated heterocycles. The minimum atomic E-state index is -0.0413. The van der Waals surface area contributed by atoms with Crippen molar-refractivity contribution >= 4 is 48.4 Å². The van der Waals surface area contributed by atoms with Crippen molar-refractivity contribution in [2.75, 3.05) is 0 Å². The van der Waals surface area contributed by atoms with Gasteiger partial charge in [-0.3, -0.25) is 9.59 Å². The summed E-state index contributed by atoms with van der Waals surface area (Å²) in [6, 6.07) is 20.8. The van der Waals surface area contributed by atoms with Crippen LogP contribution in [0, 0.1) is 6.92 Å². The van der Waals surface area contributed by atoms with E-state index in [1.165, 1.54) is 23.1 Å². The van der Waals surface area contributed by atoms with Gasteiger partial charge < -0.3 is 0 Å². The van der Waals surface area contributed by atoms with Crippen molar-refractivity contribution in [1.29, 1.82) is 0 Å². The van der Waals surface area contributed by atoms with Gasteiger partial charge >= 0.3 is 0 Å². The van der Waals surface area contributed by atoms with E-state index in [2.05, 4.69) is 0 Å². The van der Waals surface area contributed by atoms with E-state index < -0.39 is 0 Å². The van der Waals surface area contributed by atoms with Gasteiger partial charge in [0.05, 0.1) is 4.70 Å². The Balaban J connectivity index is 1.85. The predicted octanol–water partition coefficient (Wildman–Crippen LogP) is 5.66. The lowest BCUT2D eigenvalue weighted by atomic mass is 10.1. The van der Waals surface area contributed by atoms with Gasteiger partial charge in [0.2, 0.25) is 5.12 Å². The molecule has 25 heavy (non-hydrogen) atoms. The Bertz CT molecular complexity index is 1160. The van der Waals surface area contributed by atoms with Crippen LogP contribution in [0.1, 0.15) is 15.9 Å². The van der Waals surface area contributed by atoms with Crippen molar-refractivity contribution in [3.8, 4) is 0 Å². The fourth-order valence-electron chi connectivity index (χ4n) is 2.75. The highest BCUT2D eigenvalue weighted by Gasteiger charge is 2.15. The van der Waals surface area contributed by atoms with Crippen LogP contribution in [0.2, 0.25) is 0 Å². The van der Waals surface area contributed by atoms with Crippen molar-refractivity contribution in [3.05, 3.63) is 88.1 Å². The molecule has 0 radical (unpaired) electrons. The molecule has 122 valence electrons. The maximum Gasteiger partial charge on any atom is 0.225 e. The zero-order chi connectivity index (χ0) is 17.4. The van der Waals surface area contributed by atoms with Crippen molar-refractivity contribution in [1.82, 2.24) is 0 Å². The Morgan fingerprint density at radius 2 is 1.60 bits per heavy atom. The quantitative estimate of drug-likeness (QED) is 0.341. The second-order valence-corrected chi connectivity index (χ2v) is 7.91. The highest BCUT2D eigenvalue weighted by molar-refractivity contribution is 8.14. The first kappa shape index (κ1) is 16.1. The molecule has 0 atom stereocenters. The summed E-state index contributed by atoms with van der Waals surface area (Å²) in [6.07, 6.45) is 0. The van der Waals surface area contributed by atoms with Gasteiger partial charge in [-0.15, -0.1) is 11.3 Å². The van der Waals surface area contributed by atoms with Gasteiger partial charge in [-0.1, -0.05) is 35.9 Å². The molecule has 0 bridgehead atoms. The zero-order valence-electron chi connectivity index (χ0n) is 13.5. The number of hydrogen-bond donors (Lipinski definition) is 0. The average Bonchev–Trinajstić information content (AvgIpc) is 2.63. The van der Waals surface area contributed by atoms with Crippen molar-refractivity contribution in [3.63, 3.8) is 0 Å². The van der Waals surface area contributed by atoms with Gasteiger partial charge in [0.15, 0.2) is 5.43 Å². The van der Waals surface area contributed by atoms with Crippen LogP contribution in [0.5, 0.6) is 0 Å². The number of carbonyl (C=O) groups is 1. The van der Waals surface area contributed by atoms with Crippen molar-refractivity contribution < 1.29 is 4.79 Å². The minimum Gasteiger partial charge on any atom is -0.289 e. The van der Waals surface area contributed by atoms with Gasteiger partial charge in [0.25, 0.3) is 0 Å². The normalized spacial score (nSPS) is 11.1. The molecular formula is C21H14O2S2. The van der Waals surface area contributed by atoms with Crippen molar-refractivity contribution in [2.24, 2.45) is 0 Å². The summed E-state index contributed by atoms with van der Waals surface area (Å²) >= 11 is 2.70. The number of thioether (sulfide) groups is 1. The first-order chi connectivity index (χ1) is 12.1. The molecular weight excluding hydrogens is 348 g/mol. The fourth-order valence-corrected chi connectivity index (χ4v) is 4.76. The summed E-state index contributed by atoms with van der Waals surface area (Å²) in [5.41, 5.74) is 1.74. The van der Waals surface area contributed by atoms with Gasteiger partial charge in [0, 0.05) is 25.9 Å². The van der Waals surface area contributed by atoms with E-state index in [-0.39, 0.29) is 10.5 Å². The minimum absolute atomic E-state index is 0.0145. The number of hydrogen-bond acceptors (Lipinski definition) is 4. The van der Waals surface area contributed by atoms with E-state index in [0.717, 1.165) is 19.9 Å². The summed E-state index contributed by atoms with van der Waals surface area (Å²) in [6.45, 7) is 2.02. The maximum atomic E-state index is 12.8.